The number of hydrogen-bond acceptors (Lipinski definition) is 6. The van der Waals surface area contributed by atoms with Crippen molar-refractivity contribution in [2.24, 2.45) is 13.0 Å². The van der Waals surface area contributed by atoms with E-state index in [-0.39, 0.29) is 17.7 Å². The van der Waals surface area contributed by atoms with E-state index in [9.17, 15) is 14.4 Å². The number of imide groups is 1. The minimum atomic E-state index is -0.451. The second-order valence-electron chi connectivity index (χ2n) is 10.9. The van der Waals surface area contributed by atoms with E-state index in [1.54, 1.807) is 4.68 Å². The van der Waals surface area contributed by atoms with Crippen molar-refractivity contribution in [2.75, 3.05) is 31.6 Å². The van der Waals surface area contributed by atoms with Crippen molar-refractivity contribution in [3.05, 3.63) is 52.1 Å². The number of amides is 3. The van der Waals surface area contributed by atoms with Crippen LogP contribution >= 0.6 is 15.9 Å². The van der Waals surface area contributed by atoms with Gasteiger partial charge in [-0.3, -0.25) is 29.3 Å². The molecule has 212 valence electrons. The molecule has 1 atom stereocenters. The number of carbonyl (C=O) groups excluding carboxylic acids is 3. The van der Waals surface area contributed by atoms with Gasteiger partial charge in [0.25, 0.3) is 0 Å². The highest BCUT2D eigenvalue weighted by molar-refractivity contribution is 9.10. The molecule has 5 rings (SSSR count). The SMILES string of the molecule is Cc1cc(OCCCC2CCN(CC(=O)Nc3ccc4c(C5CCC(=O)NC5=O)nn(C)c4c3)CC2)ccc1Br. The third-order valence-electron chi connectivity index (χ3n) is 7.96. The third-order valence-corrected chi connectivity index (χ3v) is 8.85. The van der Waals surface area contributed by atoms with Crippen LogP contribution in [0.4, 0.5) is 5.69 Å². The lowest BCUT2D eigenvalue weighted by Crippen LogP contribution is -2.39. The second-order valence-corrected chi connectivity index (χ2v) is 11.8. The molecule has 2 fully saturated rings. The Morgan fingerprint density at radius 1 is 1.15 bits per heavy atom. The van der Waals surface area contributed by atoms with Crippen molar-refractivity contribution in [1.82, 2.24) is 20.0 Å². The van der Waals surface area contributed by atoms with Gasteiger partial charge in [0.05, 0.1) is 30.3 Å². The Hall–Kier alpha value is -3.24. The maximum atomic E-state index is 12.8. The summed E-state index contributed by atoms with van der Waals surface area (Å²) in [5.41, 5.74) is 3.37. The first-order valence-corrected chi connectivity index (χ1v) is 14.8. The van der Waals surface area contributed by atoms with Crippen LogP contribution in [0.5, 0.6) is 5.75 Å². The van der Waals surface area contributed by atoms with Crippen LogP contribution in [-0.2, 0) is 21.4 Å². The van der Waals surface area contributed by atoms with Gasteiger partial charge < -0.3 is 10.1 Å². The second kappa shape index (κ2) is 12.5. The van der Waals surface area contributed by atoms with Gasteiger partial charge in [-0.2, -0.15) is 5.10 Å². The molecule has 9 nitrogen and oxygen atoms in total. The van der Waals surface area contributed by atoms with Gasteiger partial charge in [0, 0.05) is 29.0 Å². The van der Waals surface area contributed by atoms with E-state index in [0.29, 0.717) is 36.7 Å². The average Bonchev–Trinajstić information content (AvgIpc) is 3.24. The fourth-order valence-corrected chi connectivity index (χ4v) is 5.93. The summed E-state index contributed by atoms with van der Waals surface area (Å²) < 4.78 is 8.73. The summed E-state index contributed by atoms with van der Waals surface area (Å²) in [6, 6.07) is 11.7. The largest absolute Gasteiger partial charge is 0.494 e. The van der Waals surface area contributed by atoms with E-state index in [0.717, 1.165) is 66.5 Å². The molecule has 2 aliphatic heterocycles. The number of aryl methyl sites for hydroxylation is 2. The van der Waals surface area contributed by atoms with Crippen LogP contribution in [0, 0.1) is 12.8 Å². The highest BCUT2D eigenvalue weighted by Crippen LogP contribution is 2.31. The van der Waals surface area contributed by atoms with Gasteiger partial charge >= 0.3 is 0 Å². The van der Waals surface area contributed by atoms with Crippen molar-refractivity contribution in [3.63, 3.8) is 0 Å². The number of likely N-dealkylation sites (tertiary alicyclic amines) is 1. The van der Waals surface area contributed by atoms with Crippen molar-refractivity contribution >= 4 is 50.2 Å². The van der Waals surface area contributed by atoms with Gasteiger partial charge in [-0.05, 0) is 100.0 Å². The zero-order valence-corrected chi connectivity index (χ0v) is 24.6. The predicted molar refractivity (Wildman–Crippen MR) is 157 cm³/mol. The first kappa shape index (κ1) is 28.3. The Morgan fingerprint density at radius 2 is 1.95 bits per heavy atom. The number of aromatic nitrogens is 2. The summed E-state index contributed by atoms with van der Waals surface area (Å²) in [4.78, 5) is 38.9. The summed E-state index contributed by atoms with van der Waals surface area (Å²) in [6.07, 6.45) is 5.11. The Labute approximate surface area is 242 Å². The predicted octanol–water partition coefficient (Wildman–Crippen LogP) is 4.67. The molecule has 2 saturated heterocycles. The third kappa shape index (κ3) is 6.72. The van der Waals surface area contributed by atoms with Crippen LogP contribution in [0.3, 0.4) is 0 Å². The molecule has 2 N–H and O–H groups in total. The lowest BCUT2D eigenvalue weighted by Gasteiger charge is -2.31. The monoisotopic (exact) mass is 609 g/mol. The topological polar surface area (TPSA) is 106 Å². The van der Waals surface area contributed by atoms with E-state index in [4.69, 9.17) is 4.74 Å². The molecule has 0 aliphatic carbocycles. The number of fused-ring (bicyclic) bond motifs is 1. The normalized spacial score (nSPS) is 18.6. The molecule has 1 aromatic heterocycles. The number of halogens is 1. The number of benzene rings is 2. The molecule has 10 heteroatoms. The van der Waals surface area contributed by atoms with Crippen molar-refractivity contribution in [3.8, 4) is 5.75 Å². The molecule has 0 saturated carbocycles. The smallest absolute Gasteiger partial charge is 0.238 e. The van der Waals surface area contributed by atoms with Gasteiger partial charge in [-0.15, -0.1) is 0 Å². The lowest BCUT2D eigenvalue weighted by atomic mass is 9.92. The summed E-state index contributed by atoms with van der Waals surface area (Å²) in [6.45, 7) is 4.98. The molecule has 0 spiro atoms. The van der Waals surface area contributed by atoms with E-state index in [1.165, 1.54) is 5.56 Å². The van der Waals surface area contributed by atoms with Crippen molar-refractivity contribution in [2.45, 2.75) is 51.4 Å². The van der Waals surface area contributed by atoms with Gasteiger partial charge in [-0.25, -0.2) is 0 Å². The number of nitrogens with one attached hydrogen (secondary N) is 2. The molecule has 2 aliphatic rings. The quantitative estimate of drug-likeness (QED) is 0.270. The number of nitrogens with zero attached hydrogens (tertiary/aromatic N) is 3. The van der Waals surface area contributed by atoms with Gasteiger partial charge in [-0.1, -0.05) is 15.9 Å². The number of ether oxygens (including phenoxy) is 1. The van der Waals surface area contributed by atoms with Crippen LogP contribution in [-0.4, -0.2) is 58.6 Å². The fraction of sp³-hybridized carbons (Fsp3) is 0.467. The Balaban J connectivity index is 1.07. The van der Waals surface area contributed by atoms with Gasteiger partial charge in [0.2, 0.25) is 17.7 Å². The Bertz CT molecular complexity index is 1410. The molecular weight excluding hydrogens is 574 g/mol. The van der Waals surface area contributed by atoms with E-state index in [2.05, 4.69) is 49.6 Å². The average molecular weight is 611 g/mol. The lowest BCUT2D eigenvalue weighted by molar-refractivity contribution is -0.134. The molecule has 1 unspecified atom stereocenters. The minimum absolute atomic E-state index is 0.0384. The summed E-state index contributed by atoms with van der Waals surface area (Å²) in [5.74, 6) is 0.547. The molecule has 3 aromatic rings. The first-order valence-electron chi connectivity index (χ1n) is 14.0. The molecular formula is C30H36BrN5O4. The maximum absolute atomic E-state index is 12.8. The number of hydrogen-bond donors (Lipinski definition) is 2. The van der Waals surface area contributed by atoms with Gasteiger partial charge in [0.1, 0.15) is 5.75 Å². The van der Waals surface area contributed by atoms with Crippen LogP contribution in [0.15, 0.2) is 40.9 Å². The molecule has 0 radical (unpaired) electrons. The van der Waals surface area contributed by atoms with E-state index >= 15 is 0 Å². The zero-order chi connectivity index (χ0) is 28.2. The Morgan fingerprint density at radius 3 is 2.70 bits per heavy atom. The maximum Gasteiger partial charge on any atom is 0.238 e. The van der Waals surface area contributed by atoms with Crippen molar-refractivity contribution in [1.29, 1.82) is 0 Å². The number of carbonyl (C=O) groups is 3. The highest BCUT2D eigenvalue weighted by atomic mass is 79.9. The van der Waals surface area contributed by atoms with Crippen LogP contribution in [0.25, 0.3) is 10.9 Å². The molecule has 3 amide bonds. The molecule has 40 heavy (non-hydrogen) atoms. The number of rotatable bonds is 9. The van der Waals surface area contributed by atoms with E-state index in [1.807, 2.05) is 37.4 Å². The fourth-order valence-electron chi connectivity index (χ4n) is 5.68. The molecule has 2 aromatic carbocycles. The standard InChI is InChI=1S/C30H36BrN5O4/c1-19-16-22(6-9-25(19)31)40-15-3-4-20-11-13-36(14-12-20)18-28(38)32-21-5-7-23-26(17-21)35(2)34-29(23)24-8-10-27(37)33-30(24)39/h5-7,9,16-17,20,24H,3-4,8,10-15,18H2,1-2H3,(H,32,38)(H,33,37,39). The van der Waals surface area contributed by atoms with Crippen LogP contribution in [0.1, 0.15) is 55.7 Å². The van der Waals surface area contributed by atoms with Crippen LogP contribution < -0.4 is 15.4 Å². The minimum Gasteiger partial charge on any atom is -0.494 e. The molecule has 0 bridgehead atoms. The summed E-state index contributed by atoms with van der Waals surface area (Å²) in [7, 11) is 1.82. The summed E-state index contributed by atoms with van der Waals surface area (Å²) >= 11 is 3.52. The highest BCUT2D eigenvalue weighted by Gasteiger charge is 2.31. The van der Waals surface area contributed by atoms with Crippen molar-refractivity contribution < 1.29 is 19.1 Å². The Kier molecular flexibility index (Phi) is 8.85. The summed E-state index contributed by atoms with van der Waals surface area (Å²) in [5, 5.41) is 10.9. The number of anilines is 1. The van der Waals surface area contributed by atoms with Gasteiger partial charge in [0.15, 0.2) is 0 Å². The number of piperidine rings is 2. The van der Waals surface area contributed by atoms with E-state index < -0.39 is 5.92 Å². The molecule has 3 heterocycles. The van der Waals surface area contributed by atoms with Crippen LogP contribution in [0.2, 0.25) is 0 Å². The first-order chi connectivity index (χ1) is 19.3. The zero-order valence-electron chi connectivity index (χ0n) is 23.0.